The monoisotopic (exact) mass is 181 g/mol. The van der Waals surface area contributed by atoms with Crippen LogP contribution in [0, 0.1) is 0 Å². The third-order valence-corrected chi connectivity index (χ3v) is 1.55. The van der Waals surface area contributed by atoms with Gasteiger partial charge in [-0.15, -0.1) is 0 Å². The highest BCUT2D eigenvalue weighted by Gasteiger charge is 1.93. The zero-order valence-electron chi connectivity index (χ0n) is 8.04. The molecule has 72 valence electrons. The fraction of sp³-hybridized carbons (Fsp3) is 0.400. The molecular weight excluding hydrogens is 166 g/mol. The van der Waals surface area contributed by atoms with E-state index in [1.54, 1.807) is 7.11 Å². The van der Waals surface area contributed by atoms with Crippen LogP contribution >= 0.6 is 0 Å². The molecule has 3 heteroatoms. The number of rotatable bonds is 5. The smallest absolute Gasteiger partial charge is 0.119 e. The van der Waals surface area contributed by atoms with Crippen molar-refractivity contribution in [1.29, 1.82) is 0 Å². The second-order valence-corrected chi connectivity index (χ2v) is 2.68. The van der Waals surface area contributed by atoms with Crippen molar-refractivity contribution in [3.63, 3.8) is 0 Å². The molecule has 0 radical (unpaired) electrons. The number of ether oxygens (including phenoxy) is 1. The van der Waals surface area contributed by atoms with E-state index in [0.717, 1.165) is 24.5 Å². The average molecular weight is 181 g/mol. The number of hydrogen-bond donors (Lipinski definition) is 1. The summed E-state index contributed by atoms with van der Waals surface area (Å²) in [7, 11) is 1.58. The zero-order valence-corrected chi connectivity index (χ0v) is 8.04. The van der Waals surface area contributed by atoms with E-state index in [1.165, 1.54) is 0 Å². The Kier molecular flexibility index (Phi) is 4.12. The molecule has 0 spiro atoms. The standard InChI is InChI=1S/C10H15NO2/c1-3-8-13-10-6-4-9(5-7-10)11-12-2/h4-7,11H,3,8H2,1-2H3. The molecule has 1 aromatic rings. The van der Waals surface area contributed by atoms with Crippen molar-refractivity contribution < 1.29 is 9.57 Å². The van der Waals surface area contributed by atoms with Gasteiger partial charge in [-0.05, 0) is 30.7 Å². The minimum Gasteiger partial charge on any atom is -0.494 e. The van der Waals surface area contributed by atoms with Crippen molar-refractivity contribution >= 4 is 5.69 Å². The summed E-state index contributed by atoms with van der Waals surface area (Å²) < 4.78 is 5.42. The molecule has 1 rings (SSSR count). The minimum absolute atomic E-state index is 0.761. The largest absolute Gasteiger partial charge is 0.494 e. The number of nitrogens with one attached hydrogen (secondary N) is 1. The fourth-order valence-electron chi connectivity index (χ4n) is 0.957. The quantitative estimate of drug-likeness (QED) is 0.708. The Morgan fingerprint density at radius 3 is 2.46 bits per heavy atom. The topological polar surface area (TPSA) is 30.5 Å². The molecule has 0 saturated carbocycles. The molecule has 0 aliphatic heterocycles. The lowest BCUT2D eigenvalue weighted by Gasteiger charge is -2.06. The van der Waals surface area contributed by atoms with Crippen molar-refractivity contribution in [2.45, 2.75) is 13.3 Å². The van der Waals surface area contributed by atoms with Crippen molar-refractivity contribution in [2.24, 2.45) is 0 Å². The van der Waals surface area contributed by atoms with E-state index in [2.05, 4.69) is 12.4 Å². The number of anilines is 1. The van der Waals surface area contributed by atoms with Crippen LogP contribution in [0.1, 0.15) is 13.3 Å². The molecule has 3 nitrogen and oxygen atoms in total. The molecule has 1 N–H and O–H groups in total. The highest BCUT2D eigenvalue weighted by atomic mass is 16.6. The van der Waals surface area contributed by atoms with Gasteiger partial charge in [0.25, 0.3) is 0 Å². The molecule has 1 aromatic carbocycles. The lowest BCUT2D eigenvalue weighted by molar-refractivity contribution is 0.271. The van der Waals surface area contributed by atoms with E-state index >= 15 is 0 Å². The maximum absolute atomic E-state index is 5.42. The van der Waals surface area contributed by atoms with Crippen molar-refractivity contribution in [1.82, 2.24) is 0 Å². The molecule has 0 bridgehead atoms. The predicted octanol–water partition coefficient (Wildman–Crippen LogP) is 2.45. The summed E-state index contributed by atoms with van der Waals surface area (Å²) in [5.41, 5.74) is 3.66. The third-order valence-electron chi connectivity index (χ3n) is 1.55. The van der Waals surface area contributed by atoms with Crippen LogP contribution in [-0.4, -0.2) is 13.7 Å². The van der Waals surface area contributed by atoms with Gasteiger partial charge in [-0.2, -0.15) is 0 Å². The van der Waals surface area contributed by atoms with E-state index in [9.17, 15) is 0 Å². The Bertz CT molecular complexity index is 233. The third kappa shape index (κ3) is 3.34. The molecule has 0 saturated heterocycles. The maximum atomic E-state index is 5.42. The van der Waals surface area contributed by atoms with E-state index in [1.807, 2.05) is 24.3 Å². The van der Waals surface area contributed by atoms with Crippen molar-refractivity contribution in [2.75, 3.05) is 19.2 Å². The summed E-state index contributed by atoms with van der Waals surface area (Å²) in [6.45, 7) is 2.85. The fourth-order valence-corrected chi connectivity index (χ4v) is 0.957. The first kappa shape index (κ1) is 9.86. The summed E-state index contributed by atoms with van der Waals surface area (Å²) in [4.78, 5) is 4.76. The van der Waals surface area contributed by atoms with E-state index < -0.39 is 0 Å². The van der Waals surface area contributed by atoms with Gasteiger partial charge in [-0.1, -0.05) is 6.92 Å². The summed E-state index contributed by atoms with van der Waals surface area (Å²) in [6, 6.07) is 7.65. The maximum Gasteiger partial charge on any atom is 0.119 e. The summed E-state index contributed by atoms with van der Waals surface area (Å²) in [5.74, 6) is 0.892. The first-order valence-corrected chi connectivity index (χ1v) is 4.38. The SMILES string of the molecule is CCCOc1ccc(NOC)cc1. The Morgan fingerprint density at radius 1 is 1.23 bits per heavy atom. The van der Waals surface area contributed by atoms with Crippen molar-refractivity contribution in [3.05, 3.63) is 24.3 Å². The first-order valence-electron chi connectivity index (χ1n) is 4.38. The second-order valence-electron chi connectivity index (χ2n) is 2.68. The van der Waals surface area contributed by atoms with Crippen LogP contribution in [0.25, 0.3) is 0 Å². The zero-order chi connectivity index (χ0) is 9.52. The van der Waals surface area contributed by atoms with Crippen LogP contribution in [0.2, 0.25) is 0 Å². The Hall–Kier alpha value is -1.22. The van der Waals surface area contributed by atoms with Crippen LogP contribution in [0.3, 0.4) is 0 Å². The van der Waals surface area contributed by atoms with E-state index in [0.29, 0.717) is 0 Å². The van der Waals surface area contributed by atoms with Gasteiger partial charge in [0.1, 0.15) is 5.75 Å². The molecule has 0 unspecified atom stereocenters. The Morgan fingerprint density at radius 2 is 1.92 bits per heavy atom. The summed E-state index contributed by atoms with van der Waals surface area (Å²) >= 11 is 0. The van der Waals surface area contributed by atoms with Crippen LogP contribution in [0.5, 0.6) is 5.75 Å². The number of benzene rings is 1. The van der Waals surface area contributed by atoms with Crippen molar-refractivity contribution in [3.8, 4) is 5.75 Å². The molecule has 0 aliphatic rings. The predicted molar refractivity (Wildman–Crippen MR) is 52.9 cm³/mol. The lowest BCUT2D eigenvalue weighted by Crippen LogP contribution is -1.97. The molecule has 0 fully saturated rings. The normalized spacial score (nSPS) is 9.69. The van der Waals surface area contributed by atoms with Crippen LogP contribution in [-0.2, 0) is 4.84 Å². The van der Waals surface area contributed by atoms with Gasteiger partial charge in [0, 0.05) is 0 Å². The molecule has 0 amide bonds. The lowest BCUT2D eigenvalue weighted by atomic mass is 10.3. The van der Waals surface area contributed by atoms with Gasteiger partial charge in [0.15, 0.2) is 0 Å². The first-order chi connectivity index (χ1) is 6.36. The average Bonchev–Trinajstić information content (AvgIpc) is 2.17. The van der Waals surface area contributed by atoms with Gasteiger partial charge in [0.2, 0.25) is 0 Å². The Labute approximate surface area is 78.6 Å². The Balaban J connectivity index is 2.48. The summed E-state index contributed by atoms with van der Waals surface area (Å²) in [6.07, 6.45) is 1.03. The molecule has 0 aromatic heterocycles. The van der Waals surface area contributed by atoms with Gasteiger partial charge in [-0.3, -0.25) is 10.3 Å². The van der Waals surface area contributed by atoms with E-state index in [-0.39, 0.29) is 0 Å². The van der Waals surface area contributed by atoms with Gasteiger partial charge in [0.05, 0.1) is 19.4 Å². The second kappa shape index (κ2) is 5.43. The molecule has 0 aliphatic carbocycles. The highest BCUT2D eigenvalue weighted by molar-refractivity contribution is 5.44. The molecule has 0 heterocycles. The van der Waals surface area contributed by atoms with Crippen LogP contribution in [0.4, 0.5) is 5.69 Å². The van der Waals surface area contributed by atoms with Gasteiger partial charge < -0.3 is 4.74 Å². The number of hydrogen-bond acceptors (Lipinski definition) is 3. The van der Waals surface area contributed by atoms with Crippen LogP contribution < -0.4 is 10.2 Å². The van der Waals surface area contributed by atoms with Gasteiger partial charge >= 0.3 is 0 Å². The van der Waals surface area contributed by atoms with Crippen LogP contribution in [0.15, 0.2) is 24.3 Å². The summed E-state index contributed by atoms with van der Waals surface area (Å²) in [5, 5.41) is 0. The minimum atomic E-state index is 0.761. The highest BCUT2D eigenvalue weighted by Crippen LogP contribution is 2.15. The van der Waals surface area contributed by atoms with E-state index in [4.69, 9.17) is 9.57 Å². The van der Waals surface area contributed by atoms with Gasteiger partial charge in [-0.25, -0.2) is 0 Å². The molecule has 13 heavy (non-hydrogen) atoms. The molecule has 0 atom stereocenters. The molecular formula is C10H15NO2.